The number of nitrogens with zero attached hydrogens (tertiary/aromatic N) is 1. The molecule has 23 heavy (non-hydrogen) atoms. The standard InChI is InChI=1S/C21H28N.ClH/c1-22(2,3)20-14-16-21(17-15-20,18-10-6-4-7-11-18)19-12-8-5-9-13-19;/h4-13,20H,14-17H2,1-3H3;1H/q+1;/p-1. The van der Waals surface area contributed by atoms with Gasteiger partial charge in [0.05, 0.1) is 27.2 Å². The lowest BCUT2D eigenvalue weighted by Crippen LogP contribution is -3.00. The Morgan fingerprint density at radius 1 is 0.739 bits per heavy atom. The fourth-order valence-electron chi connectivity index (χ4n) is 4.13. The van der Waals surface area contributed by atoms with Gasteiger partial charge in [0.25, 0.3) is 0 Å². The van der Waals surface area contributed by atoms with Crippen molar-refractivity contribution in [2.75, 3.05) is 21.1 Å². The summed E-state index contributed by atoms with van der Waals surface area (Å²) in [6, 6.07) is 23.0. The fraction of sp³-hybridized carbons (Fsp3) is 0.429. The minimum Gasteiger partial charge on any atom is -1.00 e. The van der Waals surface area contributed by atoms with Crippen LogP contribution in [-0.4, -0.2) is 31.7 Å². The highest BCUT2D eigenvalue weighted by Gasteiger charge is 2.41. The van der Waals surface area contributed by atoms with Gasteiger partial charge in [-0.05, 0) is 24.0 Å². The monoisotopic (exact) mass is 329 g/mol. The minimum absolute atomic E-state index is 0. The van der Waals surface area contributed by atoms with Gasteiger partial charge in [0.15, 0.2) is 0 Å². The Bertz CT molecular complexity index is 551. The third-order valence-electron chi connectivity index (χ3n) is 5.56. The van der Waals surface area contributed by atoms with Gasteiger partial charge in [-0.1, -0.05) is 60.7 Å². The van der Waals surface area contributed by atoms with Crippen molar-refractivity contribution >= 4 is 0 Å². The maximum Gasteiger partial charge on any atom is 0.0885 e. The summed E-state index contributed by atoms with van der Waals surface area (Å²) in [7, 11) is 7.01. The SMILES string of the molecule is C[N+](C)(C)C1CCC(c2ccccc2)(c2ccccc2)CC1.[Cl-]. The van der Waals surface area contributed by atoms with E-state index in [4.69, 9.17) is 0 Å². The first-order valence-electron chi connectivity index (χ1n) is 8.44. The van der Waals surface area contributed by atoms with Crippen molar-refractivity contribution in [3.63, 3.8) is 0 Å². The van der Waals surface area contributed by atoms with Gasteiger partial charge in [0.2, 0.25) is 0 Å². The molecule has 124 valence electrons. The van der Waals surface area contributed by atoms with Crippen LogP contribution in [-0.2, 0) is 5.41 Å². The number of quaternary nitrogens is 1. The van der Waals surface area contributed by atoms with Gasteiger partial charge in [-0.25, -0.2) is 0 Å². The third kappa shape index (κ3) is 3.62. The molecule has 2 heteroatoms. The van der Waals surface area contributed by atoms with E-state index in [2.05, 4.69) is 81.8 Å². The van der Waals surface area contributed by atoms with Crippen molar-refractivity contribution in [3.8, 4) is 0 Å². The molecule has 0 aliphatic heterocycles. The molecule has 0 bridgehead atoms. The quantitative estimate of drug-likeness (QED) is 0.751. The predicted molar refractivity (Wildman–Crippen MR) is 94.0 cm³/mol. The molecule has 1 nitrogen and oxygen atoms in total. The van der Waals surface area contributed by atoms with Gasteiger partial charge >= 0.3 is 0 Å². The number of rotatable bonds is 3. The topological polar surface area (TPSA) is 0 Å². The van der Waals surface area contributed by atoms with Crippen LogP contribution in [0.15, 0.2) is 60.7 Å². The number of hydrogen-bond donors (Lipinski definition) is 0. The molecule has 0 amide bonds. The van der Waals surface area contributed by atoms with Crippen molar-refractivity contribution in [3.05, 3.63) is 71.8 Å². The van der Waals surface area contributed by atoms with E-state index in [-0.39, 0.29) is 17.8 Å². The van der Waals surface area contributed by atoms with E-state index >= 15 is 0 Å². The smallest absolute Gasteiger partial charge is 0.0885 e. The lowest BCUT2D eigenvalue weighted by Gasteiger charge is -2.45. The summed E-state index contributed by atoms with van der Waals surface area (Å²) >= 11 is 0. The molecule has 0 unspecified atom stereocenters. The van der Waals surface area contributed by atoms with Crippen molar-refractivity contribution in [1.82, 2.24) is 0 Å². The Hall–Kier alpha value is -1.31. The van der Waals surface area contributed by atoms with Crippen LogP contribution < -0.4 is 12.4 Å². The normalized spacial score (nSPS) is 18.2. The molecule has 0 saturated heterocycles. The predicted octanol–water partition coefficient (Wildman–Crippen LogP) is 1.63. The summed E-state index contributed by atoms with van der Waals surface area (Å²) < 4.78 is 1.08. The first kappa shape index (κ1) is 18.0. The number of hydrogen-bond acceptors (Lipinski definition) is 0. The summed E-state index contributed by atoms with van der Waals surface area (Å²) in [5.74, 6) is 0. The van der Waals surface area contributed by atoms with Crippen LogP contribution in [0.4, 0.5) is 0 Å². The first-order valence-corrected chi connectivity index (χ1v) is 8.44. The maximum absolute atomic E-state index is 2.34. The molecule has 2 aromatic carbocycles. The van der Waals surface area contributed by atoms with E-state index in [9.17, 15) is 0 Å². The van der Waals surface area contributed by atoms with Crippen molar-refractivity contribution < 1.29 is 16.9 Å². The maximum atomic E-state index is 2.34. The molecule has 0 atom stereocenters. The van der Waals surface area contributed by atoms with Crippen LogP contribution in [0.5, 0.6) is 0 Å². The van der Waals surface area contributed by atoms with E-state index in [1.165, 1.54) is 36.8 Å². The Morgan fingerprint density at radius 2 is 1.13 bits per heavy atom. The van der Waals surface area contributed by atoms with Crippen LogP contribution >= 0.6 is 0 Å². The van der Waals surface area contributed by atoms with Crippen LogP contribution in [0.1, 0.15) is 36.8 Å². The highest BCUT2D eigenvalue weighted by atomic mass is 35.5. The summed E-state index contributed by atoms with van der Waals surface area (Å²) in [6.45, 7) is 0. The average molecular weight is 330 g/mol. The Balaban J connectivity index is 0.00000192. The largest absolute Gasteiger partial charge is 1.00 e. The second kappa shape index (κ2) is 7.07. The molecular formula is C21H28ClN. The fourth-order valence-corrected chi connectivity index (χ4v) is 4.13. The average Bonchev–Trinajstić information content (AvgIpc) is 2.56. The number of benzene rings is 2. The van der Waals surface area contributed by atoms with Crippen LogP contribution in [0, 0.1) is 0 Å². The van der Waals surface area contributed by atoms with Gasteiger partial charge in [-0.2, -0.15) is 0 Å². The van der Waals surface area contributed by atoms with E-state index in [1.807, 2.05) is 0 Å². The molecule has 1 fully saturated rings. The second-order valence-corrected chi connectivity index (χ2v) is 7.66. The molecule has 1 aliphatic rings. The lowest BCUT2D eigenvalue weighted by molar-refractivity contribution is -0.897. The highest BCUT2D eigenvalue weighted by Crippen LogP contribution is 2.46. The molecule has 0 aromatic heterocycles. The summed E-state index contributed by atoms with van der Waals surface area (Å²) in [6.07, 6.45) is 5.10. The summed E-state index contributed by atoms with van der Waals surface area (Å²) in [5, 5.41) is 0. The summed E-state index contributed by atoms with van der Waals surface area (Å²) in [5.41, 5.74) is 3.18. The Kier molecular flexibility index (Phi) is 5.54. The first-order chi connectivity index (χ1) is 10.5. The van der Waals surface area contributed by atoms with E-state index < -0.39 is 0 Å². The molecule has 0 N–H and O–H groups in total. The molecule has 1 saturated carbocycles. The zero-order chi connectivity index (χ0) is 15.6. The molecular weight excluding hydrogens is 302 g/mol. The zero-order valence-corrected chi connectivity index (χ0v) is 15.3. The van der Waals surface area contributed by atoms with Crippen molar-refractivity contribution in [1.29, 1.82) is 0 Å². The van der Waals surface area contributed by atoms with Gasteiger partial charge < -0.3 is 16.9 Å². The van der Waals surface area contributed by atoms with Crippen molar-refractivity contribution in [2.45, 2.75) is 37.1 Å². The Labute approximate surface area is 147 Å². The molecule has 3 rings (SSSR count). The van der Waals surface area contributed by atoms with Gasteiger partial charge in [0.1, 0.15) is 0 Å². The summed E-state index contributed by atoms with van der Waals surface area (Å²) in [4.78, 5) is 0. The molecule has 0 spiro atoms. The lowest BCUT2D eigenvalue weighted by atomic mass is 9.64. The Morgan fingerprint density at radius 3 is 1.48 bits per heavy atom. The van der Waals surface area contributed by atoms with Crippen molar-refractivity contribution in [2.24, 2.45) is 0 Å². The van der Waals surface area contributed by atoms with Crippen LogP contribution in [0.3, 0.4) is 0 Å². The second-order valence-electron chi connectivity index (χ2n) is 7.66. The highest BCUT2D eigenvalue weighted by molar-refractivity contribution is 5.39. The van der Waals surface area contributed by atoms with E-state index in [0.717, 1.165) is 10.5 Å². The molecule has 2 aromatic rings. The molecule has 0 radical (unpaired) electrons. The van der Waals surface area contributed by atoms with Crippen LogP contribution in [0.2, 0.25) is 0 Å². The van der Waals surface area contributed by atoms with E-state index in [1.54, 1.807) is 0 Å². The van der Waals surface area contributed by atoms with Gasteiger partial charge in [-0.3, -0.25) is 0 Å². The minimum atomic E-state index is 0. The zero-order valence-electron chi connectivity index (χ0n) is 14.5. The molecule has 1 aliphatic carbocycles. The third-order valence-corrected chi connectivity index (χ3v) is 5.56. The van der Waals surface area contributed by atoms with Gasteiger partial charge in [-0.15, -0.1) is 0 Å². The van der Waals surface area contributed by atoms with Gasteiger partial charge in [0, 0.05) is 18.3 Å². The van der Waals surface area contributed by atoms with E-state index in [0.29, 0.717) is 0 Å². The molecule has 0 heterocycles. The number of halogens is 1. The van der Waals surface area contributed by atoms with Crippen LogP contribution in [0.25, 0.3) is 0 Å².